The maximum Gasteiger partial charge on any atom is 0.322 e. The van der Waals surface area contributed by atoms with E-state index >= 15 is 0 Å². The van der Waals surface area contributed by atoms with Crippen LogP contribution in [0.15, 0.2) is 33.4 Å². The van der Waals surface area contributed by atoms with E-state index in [2.05, 4.69) is 25.8 Å². The number of aryl methyl sites for hydroxylation is 1. The van der Waals surface area contributed by atoms with Crippen LogP contribution in [-0.4, -0.2) is 80.2 Å². The lowest BCUT2D eigenvalue weighted by atomic mass is 10.0. The number of thioether (sulfide) groups is 1. The minimum absolute atomic E-state index is 0.0389. The molecule has 1 saturated heterocycles. The molecule has 2 atom stereocenters. The number of carbonyl (C=O) groups is 4. The summed E-state index contributed by atoms with van der Waals surface area (Å²) in [6, 6.07) is -0.952. The molecule has 0 bridgehead atoms. The Hall–Kier alpha value is -3.76. The smallest absolute Gasteiger partial charge is 0.322 e. The number of oxime groups is 1. The number of hydrogen-bond acceptors (Lipinski definition) is 12. The second-order valence-corrected chi connectivity index (χ2v) is 10.5. The number of nitrogens with one attached hydrogen (secondary N) is 2. The molecule has 3 amide bonds. The molecule has 4 heterocycles. The Morgan fingerprint density at radius 2 is 2.14 bits per heavy atom. The highest BCUT2D eigenvalue weighted by Crippen LogP contribution is 2.41. The zero-order chi connectivity index (χ0) is 26.7. The summed E-state index contributed by atoms with van der Waals surface area (Å²) >= 11 is 3.90. The van der Waals surface area contributed by atoms with Crippen LogP contribution < -0.4 is 16.4 Å². The molecule has 2 aromatic heterocycles. The van der Waals surface area contributed by atoms with Crippen molar-refractivity contribution in [2.24, 2.45) is 5.16 Å². The summed E-state index contributed by atoms with van der Waals surface area (Å²) in [4.78, 5) is 65.2. The van der Waals surface area contributed by atoms with E-state index in [-0.39, 0.29) is 22.2 Å². The van der Waals surface area contributed by atoms with Crippen LogP contribution >= 0.6 is 34.4 Å². The quantitative estimate of drug-likeness (QED) is 0.189. The van der Waals surface area contributed by atoms with E-state index in [1.165, 1.54) is 40.5 Å². The van der Waals surface area contributed by atoms with Gasteiger partial charge in [0.2, 0.25) is 0 Å². The number of nitrogen functional groups attached to an aromatic ring is 1. The van der Waals surface area contributed by atoms with E-state index in [4.69, 9.17) is 15.7 Å². The number of nitrogens with two attached hydrogens (primary N) is 1. The number of anilines is 1. The summed E-state index contributed by atoms with van der Waals surface area (Å²) < 4.78 is 0. The first-order chi connectivity index (χ1) is 17.7. The van der Waals surface area contributed by atoms with Gasteiger partial charge in [0, 0.05) is 16.0 Å². The van der Waals surface area contributed by atoms with Crippen molar-refractivity contribution in [3.63, 3.8) is 0 Å². The third-order valence-corrected chi connectivity index (χ3v) is 8.15. The van der Waals surface area contributed by atoms with E-state index in [0.29, 0.717) is 11.3 Å². The summed E-state index contributed by atoms with van der Waals surface area (Å²) in [5.41, 5.74) is 8.79. The van der Waals surface area contributed by atoms with Crippen molar-refractivity contribution in [3.8, 4) is 0 Å². The first-order valence-electron chi connectivity index (χ1n) is 10.6. The van der Waals surface area contributed by atoms with Gasteiger partial charge in [0.15, 0.2) is 10.8 Å². The summed E-state index contributed by atoms with van der Waals surface area (Å²) in [7, 11) is 1.27. The van der Waals surface area contributed by atoms with Gasteiger partial charge in [-0.1, -0.05) is 11.2 Å². The Balaban J connectivity index is 1.58. The molecular formula is C21H21N7O6S3. The predicted octanol–water partition coefficient (Wildman–Crippen LogP) is 0.409. The predicted molar refractivity (Wildman–Crippen MR) is 139 cm³/mol. The van der Waals surface area contributed by atoms with Gasteiger partial charge in [0.05, 0.1) is 11.2 Å². The van der Waals surface area contributed by atoms with Crippen molar-refractivity contribution in [3.05, 3.63) is 44.5 Å². The number of amides is 3. The minimum atomic E-state index is -1.22. The van der Waals surface area contributed by atoms with Crippen molar-refractivity contribution in [2.75, 3.05) is 25.1 Å². The molecule has 2 aromatic rings. The van der Waals surface area contributed by atoms with Crippen LogP contribution in [0.1, 0.15) is 16.3 Å². The maximum absolute atomic E-state index is 13.2. The number of aromatic nitrogens is 2. The van der Waals surface area contributed by atoms with Gasteiger partial charge in [0.1, 0.15) is 36.5 Å². The number of hydrogen-bond donors (Lipinski definition) is 4. The van der Waals surface area contributed by atoms with Crippen LogP contribution in [0.2, 0.25) is 0 Å². The largest absolute Gasteiger partial charge is 0.480 e. The molecule has 0 saturated carbocycles. The Kier molecular flexibility index (Phi) is 7.89. The van der Waals surface area contributed by atoms with Crippen molar-refractivity contribution < 1.29 is 29.1 Å². The van der Waals surface area contributed by atoms with Crippen LogP contribution in [0.4, 0.5) is 5.13 Å². The van der Waals surface area contributed by atoms with Gasteiger partial charge in [0.25, 0.3) is 17.7 Å². The minimum Gasteiger partial charge on any atom is -0.480 e. The first-order valence-corrected chi connectivity index (χ1v) is 13.4. The summed E-state index contributed by atoms with van der Waals surface area (Å²) in [5.74, 6) is -2.81. The number of carboxylic acid groups (broad SMARTS) is 1. The number of nitrogens with zero attached hydrogens (tertiary/aromatic N) is 4. The zero-order valence-electron chi connectivity index (χ0n) is 19.5. The SMILES string of the molecule is CO/N=C(\C(=O)N[C@@H]1C(=O)N2C(C(=O)NCC(=O)O)=C(/C=C\c3scnc3C)CS[C@H]12)c1csc(N)n1. The molecule has 16 heteroatoms. The Labute approximate surface area is 222 Å². The van der Waals surface area contributed by atoms with Crippen LogP contribution in [0.3, 0.4) is 0 Å². The van der Waals surface area contributed by atoms with E-state index in [0.717, 1.165) is 21.9 Å². The van der Waals surface area contributed by atoms with Gasteiger partial charge in [-0.15, -0.1) is 34.4 Å². The van der Waals surface area contributed by atoms with E-state index in [9.17, 15) is 19.2 Å². The third-order valence-electron chi connectivity index (χ3n) is 5.28. The van der Waals surface area contributed by atoms with E-state index < -0.39 is 41.7 Å². The fraction of sp³-hybridized carbons (Fsp3) is 0.286. The standard InChI is InChI=1S/C21H21N7O6S3/c1-9-12(37-8-24-9)4-3-10-6-35-20-15(19(33)28(20)16(10)18(32)23-5-13(29)30)26-17(31)14(27-34-2)11-7-36-21(22)25-11/h3-4,7-8,15,20H,5-6H2,1-2H3,(H2,22,25)(H,23,32)(H,26,31)(H,29,30)/b4-3-,27-14-/t15-,20-/m1/s1. The molecule has 2 aliphatic rings. The summed E-state index contributed by atoms with van der Waals surface area (Å²) in [5, 5.41) is 18.8. The average molecular weight is 564 g/mol. The molecule has 37 heavy (non-hydrogen) atoms. The van der Waals surface area contributed by atoms with Crippen molar-refractivity contribution in [1.82, 2.24) is 25.5 Å². The summed E-state index contributed by atoms with van der Waals surface area (Å²) in [6.07, 6.45) is 3.51. The lowest BCUT2D eigenvalue weighted by molar-refractivity contribution is -0.147. The van der Waals surface area contributed by atoms with Crippen LogP contribution in [0, 0.1) is 6.92 Å². The van der Waals surface area contributed by atoms with Gasteiger partial charge in [-0.3, -0.25) is 24.1 Å². The number of rotatable bonds is 9. The van der Waals surface area contributed by atoms with Crippen molar-refractivity contribution in [1.29, 1.82) is 0 Å². The molecule has 5 N–H and O–H groups in total. The Morgan fingerprint density at radius 3 is 2.76 bits per heavy atom. The fourth-order valence-electron chi connectivity index (χ4n) is 3.57. The van der Waals surface area contributed by atoms with E-state index in [1.807, 2.05) is 6.92 Å². The molecule has 0 unspecified atom stereocenters. The number of allylic oxidation sites excluding steroid dienone is 1. The Bertz CT molecular complexity index is 1350. The molecule has 0 aliphatic carbocycles. The highest BCUT2D eigenvalue weighted by Gasteiger charge is 2.54. The molecule has 2 aliphatic heterocycles. The van der Waals surface area contributed by atoms with Gasteiger partial charge < -0.3 is 26.3 Å². The van der Waals surface area contributed by atoms with Gasteiger partial charge >= 0.3 is 5.97 Å². The van der Waals surface area contributed by atoms with Gasteiger partial charge in [-0.25, -0.2) is 9.97 Å². The number of β-lactam (4-membered cyclic amide) rings is 1. The lowest BCUT2D eigenvalue weighted by Gasteiger charge is -2.49. The number of carboxylic acids is 1. The fourth-order valence-corrected chi connectivity index (χ4v) is 6.14. The van der Waals surface area contributed by atoms with Gasteiger partial charge in [-0.05, 0) is 18.6 Å². The van der Waals surface area contributed by atoms with Crippen LogP contribution in [0.5, 0.6) is 0 Å². The second-order valence-electron chi connectivity index (χ2n) is 7.64. The lowest BCUT2D eigenvalue weighted by Crippen LogP contribution is -2.71. The van der Waals surface area contributed by atoms with Crippen molar-refractivity contribution in [2.45, 2.75) is 18.3 Å². The average Bonchev–Trinajstić information content (AvgIpc) is 3.49. The highest BCUT2D eigenvalue weighted by molar-refractivity contribution is 8.00. The highest BCUT2D eigenvalue weighted by atomic mass is 32.2. The monoisotopic (exact) mass is 563 g/mol. The second kappa shape index (κ2) is 11.1. The topological polar surface area (TPSA) is 189 Å². The normalized spacial score (nSPS) is 19.5. The molecule has 4 rings (SSSR count). The van der Waals surface area contributed by atoms with Crippen LogP contribution in [-0.2, 0) is 24.0 Å². The van der Waals surface area contributed by atoms with E-state index in [1.54, 1.807) is 17.7 Å². The molecule has 0 spiro atoms. The number of carbonyl (C=O) groups excluding carboxylic acids is 3. The summed E-state index contributed by atoms with van der Waals surface area (Å²) in [6.45, 7) is 1.24. The number of fused-ring (bicyclic) bond motifs is 1. The first kappa shape index (κ1) is 26.3. The Morgan fingerprint density at radius 1 is 1.35 bits per heavy atom. The van der Waals surface area contributed by atoms with Crippen molar-refractivity contribution >= 4 is 75.0 Å². The third kappa shape index (κ3) is 5.50. The maximum atomic E-state index is 13.2. The molecule has 1 fully saturated rings. The molecule has 194 valence electrons. The molecule has 13 nitrogen and oxygen atoms in total. The molecule has 0 aromatic carbocycles. The number of thiazole rings is 2. The number of aliphatic carboxylic acids is 1. The molecule has 0 radical (unpaired) electrons. The molecular weight excluding hydrogens is 542 g/mol. The van der Waals surface area contributed by atoms with Gasteiger partial charge in [-0.2, -0.15) is 0 Å². The zero-order valence-corrected chi connectivity index (χ0v) is 21.9. The van der Waals surface area contributed by atoms with Crippen LogP contribution in [0.25, 0.3) is 6.08 Å².